The van der Waals surface area contributed by atoms with Gasteiger partial charge in [0.05, 0.1) is 18.8 Å². The van der Waals surface area contributed by atoms with Crippen LogP contribution in [0.2, 0.25) is 0 Å². The molecule has 2 atom stereocenters. The van der Waals surface area contributed by atoms with E-state index in [4.69, 9.17) is 4.74 Å². The van der Waals surface area contributed by atoms with E-state index in [1.54, 1.807) is 0 Å². The average Bonchev–Trinajstić information content (AvgIpc) is 2.24. The molecule has 0 radical (unpaired) electrons. The van der Waals surface area contributed by atoms with Gasteiger partial charge in [-0.15, -0.1) is 0 Å². The Morgan fingerprint density at radius 2 is 1.89 bits per heavy atom. The van der Waals surface area contributed by atoms with Gasteiger partial charge in [-0.1, -0.05) is 13.8 Å². The number of ether oxygens (including phenoxy) is 1. The maximum absolute atomic E-state index is 9.74. The fraction of sp³-hybridized carbons (Fsp3) is 1.00. The van der Waals surface area contributed by atoms with E-state index in [2.05, 4.69) is 45.1 Å². The Kier molecular flexibility index (Phi) is 10.6. The molecule has 2 unspecified atom stereocenters. The Hall–Kier alpha value is -0.160. The molecule has 2 N–H and O–H groups in total. The van der Waals surface area contributed by atoms with Crippen LogP contribution in [0, 0.1) is 5.92 Å². The summed E-state index contributed by atoms with van der Waals surface area (Å²) < 4.78 is 5.61. The van der Waals surface area contributed by atoms with Crippen molar-refractivity contribution in [1.29, 1.82) is 0 Å². The summed E-state index contributed by atoms with van der Waals surface area (Å²) in [5.41, 5.74) is 0. The third-order valence-electron chi connectivity index (χ3n) is 2.72. The Morgan fingerprint density at radius 1 is 1.22 bits per heavy atom. The van der Waals surface area contributed by atoms with Crippen molar-refractivity contribution < 1.29 is 9.84 Å². The molecule has 0 aromatic carbocycles. The van der Waals surface area contributed by atoms with Gasteiger partial charge in [0.2, 0.25) is 0 Å². The van der Waals surface area contributed by atoms with E-state index < -0.39 is 6.10 Å². The molecule has 0 amide bonds. The first kappa shape index (κ1) is 17.8. The first-order valence-corrected chi connectivity index (χ1v) is 7.07. The van der Waals surface area contributed by atoms with Crippen molar-refractivity contribution in [2.45, 2.75) is 45.8 Å². The predicted molar refractivity (Wildman–Crippen MR) is 76.9 cm³/mol. The SMILES string of the molecule is CC(C)CC(C)OCC(O)CNCCCN(C)C. The van der Waals surface area contributed by atoms with Crippen molar-refractivity contribution in [3.8, 4) is 0 Å². The van der Waals surface area contributed by atoms with E-state index in [1.807, 2.05) is 0 Å². The molecule has 0 saturated heterocycles. The van der Waals surface area contributed by atoms with Gasteiger partial charge in [0.1, 0.15) is 0 Å². The lowest BCUT2D eigenvalue weighted by atomic mass is 10.1. The Bertz CT molecular complexity index is 187. The van der Waals surface area contributed by atoms with Gasteiger partial charge >= 0.3 is 0 Å². The number of aliphatic hydroxyl groups is 1. The molecule has 0 heterocycles. The maximum Gasteiger partial charge on any atom is 0.0897 e. The summed E-state index contributed by atoms with van der Waals surface area (Å²) >= 11 is 0. The zero-order valence-corrected chi connectivity index (χ0v) is 12.8. The van der Waals surface area contributed by atoms with Gasteiger partial charge in [-0.05, 0) is 52.9 Å². The Morgan fingerprint density at radius 3 is 2.44 bits per heavy atom. The number of hydrogen-bond donors (Lipinski definition) is 2. The van der Waals surface area contributed by atoms with Crippen molar-refractivity contribution in [2.24, 2.45) is 5.92 Å². The fourth-order valence-electron chi connectivity index (χ4n) is 1.86. The smallest absolute Gasteiger partial charge is 0.0897 e. The molecule has 4 heteroatoms. The van der Waals surface area contributed by atoms with E-state index in [-0.39, 0.29) is 6.10 Å². The lowest BCUT2D eigenvalue weighted by molar-refractivity contribution is -0.00845. The molecule has 0 aliphatic carbocycles. The molecule has 18 heavy (non-hydrogen) atoms. The van der Waals surface area contributed by atoms with Gasteiger partial charge in [-0.2, -0.15) is 0 Å². The highest BCUT2D eigenvalue weighted by Gasteiger charge is 2.09. The highest BCUT2D eigenvalue weighted by molar-refractivity contribution is 4.61. The third-order valence-corrected chi connectivity index (χ3v) is 2.72. The number of nitrogens with zero attached hydrogens (tertiary/aromatic N) is 1. The van der Waals surface area contributed by atoms with Crippen molar-refractivity contribution in [3.05, 3.63) is 0 Å². The zero-order valence-electron chi connectivity index (χ0n) is 12.8. The maximum atomic E-state index is 9.74. The van der Waals surface area contributed by atoms with Crippen LogP contribution in [0.25, 0.3) is 0 Å². The van der Waals surface area contributed by atoms with Crippen molar-refractivity contribution in [2.75, 3.05) is 40.3 Å². The third kappa shape index (κ3) is 12.3. The molecule has 0 rings (SSSR count). The highest BCUT2D eigenvalue weighted by Crippen LogP contribution is 2.07. The molecule has 0 aliphatic rings. The molecule has 0 aromatic heterocycles. The lowest BCUT2D eigenvalue weighted by Gasteiger charge is -2.18. The summed E-state index contributed by atoms with van der Waals surface area (Å²) in [5.74, 6) is 0.640. The second kappa shape index (κ2) is 10.7. The van der Waals surface area contributed by atoms with Gasteiger partial charge in [-0.25, -0.2) is 0 Å². The number of aliphatic hydroxyl groups excluding tert-OH is 1. The van der Waals surface area contributed by atoms with Gasteiger partial charge in [0.15, 0.2) is 0 Å². The van der Waals surface area contributed by atoms with Crippen LogP contribution in [0.15, 0.2) is 0 Å². The molecular weight excluding hydrogens is 228 g/mol. The molecule has 0 saturated carbocycles. The highest BCUT2D eigenvalue weighted by atomic mass is 16.5. The predicted octanol–water partition coefficient (Wildman–Crippen LogP) is 1.34. The minimum atomic E-state index is -0.404. The fourth-order valence-corrected chi connectivity index (χ4v) is 1.86. The minimum Gasteiger partial charge on any atom is -0.389 e. The first-order valence-electron chi connectivity index (χ1n) is 7.07. The van der Waals surface area contributed by atoms with E-state index in [0.29, 0.717) is 19.1 Å². The summed E-state index contributed by atoms with van der Waals surface area (Å²) in [4.78, 5) is 2.16. The first-order chi connectivity index (χ1) is 8.41. The van der Waals surface area contributed by atoms with Crippen molar-refractivity contribution >= 4 is 0 Å². The Balaban J connectivity index is 3.39. The second-order valence-electron chi connectivity index (χ2n) is 5.79. The average molecular weight is 260 g/mol. The summed E-state index contributed by atoms with van der Waals surface area (Å²) in [6.07, 6.45) is 1.97. The van der Waals surface area contributed by atoms with Crippen LogP contribution in [0.5, 0.6) is 0 Å². The van der Waals surface area contributed by atoms with E-state index in [9.17, 15) is 5.11 Å². The van der Waals surface area contributed by atoms with E-state index in [1.165, 1.54) is 0 Å². The quantitative estimate of drug-likeness (QED) is 0.550. The topological polar surface area (TPSA) is 44.7 Å². The van der Waals surface area contributed by atoms with E-state index in [0.717, 1.165) is 25.9 Å². The summed E-state index contributed by atoms with van der Waals surface area (Å²) in [6, 6.07) is 0. The van der Waals surface area contributed by atoms with Crippen LogP contribution < -0.4 is 5.32 Å². The molecule has 4 nitrogen and oxygen atoms in total. The minimum absolute atomic E-state index is 0.230. The van der Waals surface area contributed by atoms with Crippen LogP contribution >= 0.6 is 0 Å². The second-order valence-corrected chi connectivity index (χ2v) is 5.79. The van der Waals surface area contributed by atoms with Gasteiger partial charge in [0.25, 0.3) is 0 Å². The normalized spacial score (nSPS) is 15.3. The zero-order chi connectivity index (χ0) is 14.0. The molecule has 0 aromatic rings. The van der Waals surface area contributed by atoms with Crippen molar-refractivity contribution in [1.82, 2.24) is 10.2 Å². The van der Waals surface area contributed by atoms with E-state index >= 15 is 0 Å². The molecule has 0 aliphatic heterocycles. The van der Waals surface area contributed by atoms with Crippen molar-refractivity contribution in [3.63, 3.8) is 0 Å². The molecule has 110 valence electrons. The number of hydrogen-bond acceptors (Lipinski definition) is 4. The van der Waals surface area contributed by atoms with Gasteiger partial charge in [0, 0.05) is 6.54 Å². The van der Waals surface area contributed by atoms with Crippen LogP contribution in [0.4, 0.5) is 0 Å². The van der Waals surface area contributed by atoms with Crippen LogP contribution in [0.1, 0.15) is 33.6 Å². The van der Waals surface area contributed by atoms with Gasteiger partial charge < -0.3 is 20.1 Å². The van der Waals surface area contributed by atoms with Crippen LogP contribution in [-0.2, 0) is 4.74 Å². The Labute approximate surface area is 113 Å². The summed E-state index contributed by atoms with van der Waals surface area (Å²) in [7, 11) is 4.14. The van der Waals surface area contributed by atoms with Gasteiger partial charge in [-0.3, -0.25) is 0 Å². The summed E-state index contributed by atoms with van der Waals surface area (Å²) in [6.45, 7) is 9.49. The number of rotatable bonds is 11. The molecule has 0 fully saturated rings. The van der Waals surface area contributed by atoms with Crippen LogP contribution in [0.3, 0.4) is 0 Å². The molecule has 0 bridgehead atoms. The molecular formula is C14H32N2O2. The summed E-state index contributed by atoms with van der Waals surface area (Å²) in [5, 5.41) is 13.0. The number of nitrogens with one attached hydrogen (secondary N) is 1. The lowest BCUT2D eigenvalue weighted by Crippen LogP contribution is -2.33. The van der Waals surface area contributed by atoms with Crippen LogP contribution in [-0.4, -0.2) is 62.6 Å². The monoisotopic (exact) mass is 260 g/mol. The molecule has 0 spiro atoms. The standard InChI is InChI=1S/C14H32N2O2/c1-12(2)9-13(3)18-11-14(17)10-15-7-6-8-16(4)5/h12-15,17H,6-11H2,1-5H3. The largest absolute Gasteiger partial charge is 0.389 e.